The zero-order valence-corrected chi connectivity index (χ0v) is 16.7. The molecule has 1 saturated heterocycles. The molecule has 2 rings (SSSR count). The van der Waals surface area contributed by atoms with Gasteiger partial charge >= 0.3 is 0 Å². The van der Waals surface area contributed by atoms with E-state index in [2.05, 4.69) is 5.32 Å². The summed E-state index contributed by atoms with van der Waals surface area (Å²) in [6.45, 7) is 6.93. The van der Waals surface area contributed by atoms with Crippen molar-refractivity contribution in [2.24, 2.45) is 5.92 Å². The Balaban J connectivity index is 1.95. The van der Waals surface area contributed by atoms with Crippen LogP contribution >= 0.6 is 23.2 Å². The Labute approximate surface area is 159 Å². The molecule has 1 fully saturated rings. The fourth-order valence-electron chi connectivity index (χ4n) is 2.65. The van der Waals surface area contributed by atoms with Crippen LogP contribution in [0.2, 0.25) is 10.0 Å². The summed E-state index contributed by atoms with van der Waals surface area (Å²) in [5, 5.41) is 3.15. The molecule has 1 aliphatic heterocycles. The normalized spacial score (nSPS) is 17.0. The van der Waals surface area contributed by atoms with E-state index in [1.54, 1.807) is 12.1 Å². The second-order valence-electron chi connectivity index (χ2n) is 6.58. The minimum Gasteiger partial charge on any atom is -0.351 e. The molecule has 1 aromatic carbocycles. The van der Waals surface area contributed by atoms with Crippen LogP contribution in [0.4, 0.5) is 0 Å². The van der Waals surface area contributed by atoms with Gasteiger partial charge < -0.3 is 10.2 Å². The fraction of sp³-hybridized carbons (Fsp3) is 0.562. The van der Waals surface area contributed by atoms with E-state index >= 15 is 0 Å². The molecule has 1 aromatic rings. The molecule has 1 aliphatic rings. The summed E-state index contributed by atoms with van der Waals surface area (Å²) in [6.07, 6.45) is 0. The van der Waals surface area contributed by atoms with Crippen LogP contribution in [0.15, 0.2) is 23.1 Å². The molecule has 0 aliphatic carbocycles. The molecule has 2 N–H and O–H groups in total. The molecule has 9 heteroatoms. The Hall–Kier alpha value is -0.860. The molecule has 0 atom stereocenters. The maximum atomic E-state index is 12.8. The number of rotatable bonds is 6. The first kappa shape index (κ1) is 20.5. The molecule has 0 bridgehead atoms. The van der Waals surface area contributed by atoms with Crippen molar-refractivity contribution in [3.05, 3.63) is 28.2 Å². The highest BCUT2D eigenvalue weighted by Gasteiger charge is 2.32. The number of benzene rings is 1. The van der Waals surface area contributed by atoms with Gasteiger partial charge in [-0.2, -0.15) is 4.31 Å². The van der Waals surface area contributed by atoms with E-state index in [1.807, 2.05) is 13.8 Å². The predicted octanol–water partition coefficient (Wildman–Crippen LogP) is 0.655. The standard InChI is InChI=1S/C16H23Cl2N3O3S/c1-12(2)10-19-15(22)11-20-6-8-21(9-7-20)25(23,24)14-5-3-4-13(17)16(14)18/h3-5,12H,6-11H2,1-2H3,(H,19,22)/p+1. The fourth-order valence-corrected chi connectivity index (χ4v) is 4.83. The third-order valence-corrected chi connectivity index (χ3v) is 6.95. The number of sulfonamides is 1. The van der Waals surface area contributed by atoms with Crippen molar-refractivity contribution in [2.45, 2.75) is 18.7 Å². The third-order valence-electron chi connectivity index (χ3n) is 4.08. The van der Waals surface area contributed by atoms with Crippen LogP contribution in [-0.4, -0.2) is 57.9 Å². The van der Waals surface area contributed by atoms with Gasteiger partial charge in [0.25, 0.3) is 5.91 Å². The van der Waals surface area contributed by atoms with E-state index in [4.69, 9.17) is 23.2 Å². The predicted molar refractivity (Wildman–Crippen MR) is 98.6 cm³/mol. The summed E-state index contributed by atoms with van der Waals surface area (Å²) in [5.74, 6) is 0.404. The Bertz CT molecular complexity index is 717. The number of halogens is 2. The molecule has 140 valence electrons. The van der Waals surface area contributed by atoms with Crippen molar-refractivity contribution in [3.8, 4) is 0 Å². The quantitative estimate of drug-likeness (QED) is 0.725. The first-order valence-electron chi connectivity index (χ1n) is 8.26. The molecule has 6 nitrogen and oxygen atoms in total. The molecule has 0 radical (unpaired) electrons. The smallest absolute Gasteiger partial charge is 0.275 e. The van der Waals surface area contributed by atoms with E-state index in [0.717, 1.165) is 4.90 Å². The molecular formula is C16H24Cl2N3O3S+. The largest absolute Gasteiger partial charge is 0.351 e. The topological polar surface area (TPSA) is 70.9 Å². The van der Waals surface area contributed by atoms with E-state index in [0.29, 0.717) is 45.2 Å². The van der Waals surface area contributed by atoms with Gasteiger partial charge in [0.05, 0.1) is 36.2 Å². The van der Waals surface area contributed by atoms with Crippen LogP contribution in [-0.2, 0) is 14.8 Å². The SMILES string of the molecule is CC(C)CNC(=O)C[NH+]1CCN(S(=O)(=O)c2cccc(Cl)c2Cl)CC1. The number of nitrogens with zero attached hydrogens (tertiary/aromatic N) is 1. The highest BCUT2D eigenvalue weighted by atomic mass is 35.5. The minimum absolute atomic E-state index is 0.00195. The summed E-state index contributed by atoms with van der Waals surface area (Å²) < 4.78 is 26.9. The molecule has 1 amide bonds. The van der Waals surface area contributed by atoms with Gasteiger partial charge in [-0.15, -0.1) is 0 Å². The number of amides is 1. The van der Waals surface area contributed by atoms with Gasteiger partial charge in [0.15, 0.2) is 6.54 Å². The first-order chi connectivity index (χ1) is 11.7. The number of carbonyl (C=O) groups is 1. The van der Waals surface area contributed by atoms with Gasteiger partial charge in [-0.05, 0) is 18.1 Å². The second kappa shape index (κ2) is 8.68. The van der Waals surface area contributed by atoms with Crippen molar-refractivity contribution in [3.63, 3.8) is 0 Å². The van der Waals surface area contributed by atoms with Gasteiger partial charge in [-0.3, -0.25) is 4.79 Å². The van der Waals surface area contributed by atoms with Crippen LogP contribution in [0.25, 0.3) is 0 Å². The number of hydrogen-bond acceptors (Lipinski definition) is 3. The zero-order valence-electron chi connectivity index (χ0n) is 14.4. The average Bonchev–Trinajstić information content (AvgIpc) is 2.56. The molecule has 0 unspecified atom stereocenters. The summed E-state index contributed by atoms with van der Waals surface area (Å²) in [4.78, 5) is 13.0. The highest BCUT2D eigenvalue weighted by Crippen LogP contribution is 2.30. The monoisotopic (exact) mass is 408 g/mol. The van der Waals surface area contributed by atoms with E-state index in [-0.39, 0.29) is 20.8 Å². The lowest BCUT2D eigenvalue weighted by Crippen LogP contribution is -3.15. The number of nitrogens with one attached hydrogen (secondary N) is 2. The minimum atomic E-state index is -3.69. The first-order valence-corrected chi connectivity index (χ1v) is 10.5. The summed E-state index contributed by atoms with van der Waals surface area (Å²) >= 11 is 12.0. The molecule has 0 aromatic heterocycles. The molecule has 0 spiro atoms. The van der Waals surface area contributed by atoms with Crippen LogP contribution in [0, 0.1) is 5.92 Å². The van der Waals surface area contributed by atoms with Gasteiger partial charge in [0.1, 0.15) is 4.90 Å². The van der Waals surface area contributed by atoms with Crippen LogP contribution in [0.5, 0.6) is 0 Å². The second-order valence-corrected chi connectivity index (χ2v) is 9.27. The van der Waals surface area contributed by atoms with Crippen molar-refractivity contribution in [1.82, 2.24) is 9.62 Å². The molecule has 25 heavy (non-hydrogen) atoms. The number of carbonyl (C=O) groups excluding carboxylic acids is 1. The summed E-state index contributed by atoms with van der Waals surface area (Å²) in [5.41, 5.74) is 0. The van der Waals surface area contributed by atoms with Crippen molar-refractivity contribution >= 4 is 39.1 Å². The summed E-state index contributed by atoms with van der Waals surface area (Å²) in [7, 11) is -3.69. The number of piperazine rings is 1. The Morgan fingerprint density at radius 3 is 2.52 bits per heavy atom. The van der Waals surface area contributed by atoms with Crippen LogP contribution in [0.1, 0.15) is 13.8 Å². The molecular weight excluding hydrogens is 385 g/mol. The van der Waals surface area contributed by atoms with Crippen molar-refractivity contribution in [1.29, 1.82) is 0 Å². The van der Waals surface area contributed by atoms with Gasteiger partial charge in [-0.25, -0.2) is 8.42 Å². The van der Waals surface area contributed by atoms with Gasteiger partial charge in [0.2, 0.25) is 10.0 Å². The molecule has 1 heterocycles. The van der Waals surface area contributed by atoms with E-state index < -0.39 is 10.0 Å². The van der Waals surface area contributed by atoms with Gasteiger partial charge in [0, 0.05) is 6.54 Å². The lowest BCUT2D eigenvalue weighted by Gasteiger charge is -2.31. The average molecular weight is 409 g/mol. The van der Waals surface area contributed by atoms with Crippen LogP contribution in [0.3, 0.4) is 0 Å². The van der Waals surface area contributed by atoms with Gasteiger partial charge in [-0.1, -0.05) is 43.1 Å². The molecule has 0 saturated carbocycles. The Kier molecular flexibility index (Phi) is 7.10. The Morgan fingerprint density at radius 1 is 1.28 bits per heavy atom. The van der Waals surface area contributed by atoms with Crippen molar-refractivity contribution in [2.75, 3.05) is 39.3 Å². The number of hydrogen-bond donors (Lipinski definition) is 2. The zero-order chi connectivity index (χ0) is 18.6. The third kappa shape index (κ3) is 5.31. The van der Waals surface area contributed by atoms with E-state index in [1.165, 1.54) is 10.4 Å². The lowest BCUT2D eigenvalue weighted by atomic mass is 10.2. The maximum absolute atomic E-state index is 12.8. The number of quaternary nitrogens is 1. The Morgan fingerprint density at radius 2 is 1.92 bits per heavy atom. The lowest BCUT2D eigenvalue weighted by molar-refractivity contribution is -0.895. The van der Waals surface area contributed by atoms with Crippen LogP contribution < -0.4 is 10.2 Å². The van der Waals surface area contributed by atoms with E-state index in [9.17, 15) is 13.2 Å². The summed E-state index contributed by atoms with van der Waals surface area (Å²) in [6, 6.07) is 4.59. The highest BCUT2D eigenvalue weighted by molar-refractivity contribution is 7.89. The maximum Gasteiger partial charge on any atom is 0.275 e. The van der Waals surface area contributed by atoms with Crippen molar-refractivity contribution < 1.29 is 18.1 Å².